The van der Waals surface area contributed by atoms with Crippen LogP contribution in [0.2, 0.25) is 5.02 Å². The third kappa shape index (κ3) is 3.07. The van der Waals surface area contributed by atoms with Crippen LogP contribution in [0.25, 0.3) is 0 Å². The number of aromatic nitrogens is 1. The highest BCUT2D eigenvalue weighted by Crippen LogP contribution is 2.39. The van der Waals surface area contributed by atoms with Gasteiger partial charge in [-0.05, 0) is 44.2 Å². The van der Waals surface area contributed by atoms with E-state index >= 15 is 0 Å². The molecule has 0 saturated heterocycles. The van der Waals surface area contributed by atoms with E-state index in [2.05, 4.69) is 0 Å². The summed E-state index contributed by atoms with van der Waals surface area (Å²) in [5.41, 5.74) is 0.501. The summed E-state index contributed by atoms with van der Waals surface area (Å²) in [6.07, 6.45) is -4.82. The Morgan fingerprint density at radius 3 is 2.48 bits per heavy atom. The molecule has 136 valence electrons. The molecule has 0 amide bonds. The molecule has 2 aromatic rings. The van der Waals surface area contributed by atoms with Crippen molar-refractivity contribution in [2.45, 2.75) is 37.5 Å². The fourth-order valence-corrected chi connectivity index (χ4v) is 5.17. The molecule has 0 spiro atoms. The fourth-order valence-electron chi connectivity index (χ4n) is 3.20. The van der Waals surface area contributed by atoms with E-state index in [9.17, 15) is 21.6 Å². The molecule has 1 aliphatic rings. The average molecular weight is 393 g/mol. The van der Waals surface area contributed by atoms with Crippen LogP contribution in [-0.4, -0.2) is 23.8 Å². The van der Waals surface area contributed by atoms with Crippen molar-refractivity contribution in [2.24, 2.45) is 0 Å². The van der Waals surface area contributed by atoms with E-state index in [1.807, 2.05) is 17.6 Å². The van der Waals surface area contributed by atoms with Gasteiger partial charge in [-0.3, -0.25) is 0 Å². The van der Waals surface area contributed by atoms with Gasteiger partial charge in [-0.2, -0.15) is 17.5 Å². The second kappa shape index (κ2) is 6.03. The molecule has 1 aliphatic heterocycles. The minimum Gasteiger partial charge on any atom is -0.346 e. The van der Waals surface area contributed by atoms with E-state index < -0.39 is 32.7 Å². The lowest BCUT2D eigenvalue weighted by Crippen LogP contribution is -2.41. The summed E-state index contributed by atoms with van der Waals surface area (Å²) < 4.78 is 69.0. The Morgan fingerprint density at radius 1 is 1.16 bits per heavy atom. The molecule has 4 nitrogen and oxygen atoms in total. The fraction of sp³-hybridized carbons (Fsp3) is 0.375. The first kappa shape index (κ1) is 18.3. The topological polar surface area (TPSA) is 42.3 Å². The number of nitrogens with zero attached hydrogens (tertiary/aromatic N) is 2. The summed E-state index contributed by atoms with van der Waals surface area (Å²) in [6, 6.07) is 5.83. The van der Waals surface area contributed by atoms with Crippen LogP contribution in [0.15, 0.2) is 35.2 Å². The largest absolute Gasteiger partial charge is 0.417 e. The van der Waals surface area contributed by atoms with Crippen LogP contribution in [-0.2, 0) is 22.7 Å². The van der Waals surface area contributed by atoms with Gasteiger partial charge in [0.1, 0.15) is 0 Å². The number of fused-ring (bicyclic) bond motifs is 1. The highest BCUT2D eigenvalue weighted by atomic mass is 35.5. The lowest BCUT2D eigenvalue weighted by atomic mass is 10.2. The van der Waals surface area contributed by atoms with E-state index in [0.29, 0.717) is 12.6 Å². The predicted octanol–water partition coefficient (Wildman–Crippen LogP) is 4.23. The number of halogens is 4. The Labute approximate surface area is 148 Å². The number of alkyl halides is 3. The first-order valence-electron chi connectivity index (χ1n) is 7.58. The van der Waals surface area contributed by atoms with Crippen molar-refractivity contribution in [3.05, 3.63) is 52.3 Å². The second-order valence-corrected chi connectivity index (χ2v) is 8.28. The average Bonchev–Trinajstić information content (AvgIpc) is 2.88. The number of benzene rings is 1. The van der Waals surface area contributed by atoms with Gasteiger partial charge in [0.05, 0.1) is 16.5 Å². The number of rotatable bonds is 2. The molecule has 25 heavy (non-hydrogen) atoms. The molecule has 0 aliphatic carbocycles. The summed E-state index contributed by atoms with van der Waals surface area (Å²) >= 11 is 5.65. The number of hydrogen-bond acceptors (Lipinski definition) is 2. The van der Waals surface area contributed by atoms with Crippen molar-refractivity contribution >= 4 is 21.6 Å². The maximum absolute atomic E-state index is 13.3. The summed E-state index contributed by atoms with van der Waals surface area (Å²) in [4.78, 5) is -0.770. The lowest BCUT2D eigenvalue weighted by molar-refractivity contribution is -0.139. The van der Waals surface area contributed by atoms with Crippen LogP contribution < -0.4 is 0 Å². The van der Waals surface area contributed by atoms with Crippen molar-refractivity contribution in [1.29, 1.82) is 0 Å². The maximum atomic E-state index is 13.3. The molecule has 2 heterocycles. The quantitative estimate of drug-likeness (QED) is 0.767. The Kier molecular flexibility index (Phi) is 4.41. The summed E-state index contributed by atoms with van der Waals surface area (Å²) in [5, 5.41) is -0.164. The van der Waals surface area contributed by atoms with Crippen LogP contribution in [0.1, 0.15) is 29.9 Å². The zero-order chi connectivity index (χ0) is 18.6. The third-order valence-electron chi connectivity index (χ3n) is 4.47. The molecule has 0 saturated carbocycles. The predicted molar refractivity (Wildman–Crippen MR) is 87.9 cm³/mol. The SMILES string of the molecule is Cc1ccc2n1CCN(S(=O)(=O)c1ccc(Cl)cc1C(F)(F)F)[C@@H]2C. The standard InChI is InChI=1S/C16H16ClF3N2O2S/c1-10-3-5-14-11(2)22(8-7-21(10)14)25(23,24)15-6-4-12(17)9-13(15)16(18,19)20/h3-6,9,11H,7-8H2,1-2H3/t11-/m1/s1. The summed E-state index contributed by atoms with van der Waals surface area (Å²) in [7, 11) is -4.33. The van der Waals surface area contributed by atoms with E-state index in [1.54, 1.807) is 13.0 Å². The smallest absolute Gasteiger partial charge is 0.346 e. The summed E-state index contributed by atoms with van der Waals surface area (Å²) in [5.74, 6) is 0. The zero-order valence-electron chi connectivity index (χ0n) is 13.5. The van der Waals surface area contributed by atoms with Crippen molar-refractivity contribution in [3.8, 4) is 0 Å². The summed E-state index contributed by atoms with van der Waals surface area (Å²) in [6.45, 7) is 4.07. The van der Waals surface area contributed by atoms with Crippen LogP contribution >= 0.6 is 11.6 Å². The van der Waals surface area contributed by atoms with Gasteiger partial charge in [-0.25, -0.2) is 8.42 Å². The molecule has 0 N–H and O–H groups in total. The molecule has 1 atom stereocenters. The van der Waals surface area contributed by atoms with Gasteiger partial charge in [0.2, 0.25) is 10.0 Å². The molecule has 3 rings (SSSR count). The third-order valence-corrected chi connectivity index (χ3v) is 6.73. The molecule has 0 radical (unpaired) electrons. The number of aryl methyl sites for hydroxylation is 1. The highest BCUT2D eigenvalue weighted by Gasteiger charge is 2.41. The molecule has 9 heteroatoms. The van der Waals surface area contributed by atoms with E-state index in [4.69, 9.17) is 11.6 Å². The van der Waals surface area contributed by atoms with Gasteiger partial charge in [0.15, 0.2) is 0 Å². The molecular weight excluding hydrogens is 377 g/mol. The van der Waals surface area contributed by atoms with Crippen LogP contribution in [0.3, 0.4) is 0 Å². The monoisotopic (exact) mass is 392 g/mol. The highest BCUT2D eigenvalue weighted by molar-refractivity contribution is 7.89. The van der Waals surface area contributed by atoms with E-state index in [1.165, 1.54) is 0 Å². The minimum atomic E-state index is -4.82. The zero-order valence-corrected chi connectivity index (χ0v) is 15.1. The molecule has 0 fully saturated rings. The number of hydrogen-bond donors (Lipinski definition) is 0. The molecule has 1 aromatic carbocycles. The van der Waals surface area contributed by atoms with Gasteiger partial charge in [-0.1, -0.05) is 11.6 Å². The Balaban J connectivity index is 2.10. The van der Waals surface area contributed by atoms with Gasteiger partial charge >= 0.3 is 6.18 Å². The maximum Gasteiger partial charge on any atom is 0.417 e. The number of sulfonamides is 1. The van der Waals surface area contributed by atoms with Gasteiger partial charge < -0.3 is 4.57 Å². The van der Waals surface area contributed by atoms with Crippen molar-refractivity contribution < 1.29 is 21.6 Å². The molecule has 0 unspecified atom stereocenters. The van der Waals surface area contributed by atoms with Gasteiger partial charge in [0.25, 0.3) is 0 Å². The van der Waals surface area contributed by atoms with Crippen LogP contribution in [0.5, 0.6) is 0 Å². The van der Waals surface area contributed by atoms with Gasteiger partial charge in [-0.15, -0.1) is 0 Å². The van der Waals surface area contributed by atoms with Gasteiger partial charge in [0, 0.05) is 29.5 Å². The van der Waals surface area contributed by atoms with Crippen LogP contribution in [0.4, 0.5) is 13.2 Å². The molecule has 0 bridgehead atoms. The van der Waals surface area contributed by atoms with Crippen molar-refractivity contribution in [2.75, 3.05) is 6.54 Å². The van der Waals surface area contributed by atoms with Crippen LogP contribution in [0, 0.1) is 6.92 Å². The van der Waals surface area contributed by atoms with E-state index in [0.717, 1.165) is 27.8 Å². The first-order chi connectivity index (χ1) is 11.5. The molecular formula is C16H16ClF3N2O2S. The van der Waals surface area contributed by atoms with E-state index in [-0.39, 0.29) is 11.6 Å². The Hall–Kier alpha value is -1.51. The second-order valence-electron chi connectivity index (χ2n) is 5.98. The first-order valence-corrected chi connectivity index (χ1v) is 9.40. The lowest BCUT2D eigenvalue weighted by Gasteiger charge is -2.35. The normalized spacial score (nSPS) is 19.0. The minimum absolute atomic E-state index is 0.103. The van der Waals surface area contributed by atoms with Crippen molar-refractivity contribution in [3.63, 3.8) is 0 Å². The van der Waals surface area contributed by atoms with Crippen molar-refractivity contribution in [1.82, 2.24) is 8.87 Å². The Bertz CT molecular complexity index is 922. The molecule has 1 aromatic heterocycles. The Morgan fingerprint density at radius 2 is 1.84 bits per heavy atom.